The zero-order valence-corrected chi connectivity index (χ0v) is 17.1. The number of hydrogen-bond acceptors (Lipinski definition) is 4. The van der Waals surface area contributed by atoms with E-state index in [0.717, 1.165) is 30.6 Å². The van der Waals surface area contributed by atoms with Crippen LogP contribution in [0.3, 0.4) is 0 Å². The molecule has 2 aromatic rings. The second kappa shape index (κ2) is 10.4. The molecule has 1 amide bonds. The van der Waals surface area contributed by atoms with Gasteiger partial charge in [-0.15, -0.1) is 0 Å². The largest absolute Gasteiger partial charge is 0.483 e. The van der Waals surface area contributed by atoms with Gasteiger partial charge in [-0.2, -0.15) is 0 Å². The van der Waals surface area contributed by atoms with E-state index in [0.29, 0.717) is 18.0 Å². The molecule has 1 aromatic carbocycles. The molecule has 1 heterocycles. The Bertz CT molecular complexity index is 852. The van der Waals surface area contributed by atoms with E-state index in [2.05, 4.69) is 49.3 Å². The summed E-state index contributed by atoms with van der Waals surface area (Å²) >= 11 is 0. The summed E-state index contributed by atoms with van der Waals surface area (Å²) in [6, 6.07) is 11.8. The number of aryl methyl sites for hydroxylation is 1. The van der Waals surface area contributed by atoms with Gasteiger partial charge in [0.05, 0.1) is 5.56 Å². The first-order valence-electron chi connectivity index (χ1n) is 9.62. The number of carboxylic acid groups (broad SMARTS) is 1. The van der Waals surface area contributed by atoms with Crippen LogP contribution in [0.4, 0.5) is 0 Å². The summed E-state index contributed by atoms with van der Waals surface area (Å²) in [6.07, 6.45) is 6.58. The Morgan fingerprint density at radius 1 is 1.24 bits per heavy atom. The van der Waals surface area contributed by atoms with Crippen molar-refractivity contribution in [3.05, 3.63) is 65.4 Å². The number of hydrogen-bond donors (Lipinski definition) is 2. The second-order valence-electron chi connectivity index (χ2n) is 7.92. The first-order chi connectivity index (χ1) is 13.8. The van der Waals surface area contributed by atoms with Crippen molar-refractivity contribution in [2.45, 2.75) is 40.0 Å². The van der Waals surface area contributed by atoms with Crippen molar-refractivity contribution in [2.24, 2.45) is 5.41 Å². The van der Waals surface area contributed by atoms with Gasteiger partial charge in [-0.1, -0.05) is 45.0 Å². The number of amides is 1. The number of nitrogens with one attached hydrogen (secondary N) is 1. The zero-order chi connectivity index (χ0) is 21.3. The summed E-state index contributed by atoms with van der Waals surface area (Å²) in [5, 5.41) is 9.83. The number of carbonyl (C=O) groups excluding carboxylic acids is 1. The minimum atomic E-state index is -0.250. The first kappa shape index (κ1) is 22.1. The number of pyridine rings is 1. The van der Waals surface area contributed by atoms with Crippen molar-refractivity contribution < 1.29 is 19.4 Å². The van der Waals surface area contributed by atoms with Gasteiger partial charge < -0.3 is 15.2 Å². The predicted octanol–water partition coefficient (Wildman–Crippen LogP) is 4.31. The molecular weight excluding hydrogens is 368 g/mol. The number of nitrogens with zero attached hydrogens (tertiary/aromatic N) is 1. The Kier molecular flexibility index (Phi) is 7.95. The van der Waals surface area contributed by atoms with Gasteiger partial charge in [-0.05, 0) is 42.4 Å². The van der Waals surface area contributed by atoms with E-state index in [1.54, 1.807) is 18.3 Å². The van der Waals surface area contributed by atoms with Crippen LogP contribution in [0.15, 0.2) is 48.7 Å². The summed E-state index contributed by atoms with van der Waals surface area (Å²) in [6.45, 7) is 6.88. The average molecular weight is 396 g/mol. The Hall–Kier alpha value is -3.15. The lowest BCUT2D eigenvalue weighted by molar-refractivity contribution is -0.122. The number of rotatable bonds is 5. The average Bonchev–Trinajstić information content (AvgIpc) is 2.68. The van der Waals surface area contributed by atoms with Crippen molar-refractivity contribution in [1.82, 2.24) is 10.3 Å². The van der Waals surface area contributed by atoms with E-state index in [9.17, 15) is 4.79 Å². The summed E-state index contributed by atoms with van der Waals surface area (Å²) in [5.74, 6) is 1.23. The van der Waals surface area contributed by atoms with Crippen molar-refractivity contribution in [2.75, 3.05) is 6.54 Å². The number of carbonyl (C=O) groups is 2. The molecule has 6 nitrogen and oxygen atoms in total. The van der Waals surface area contributed by atoms with Gasteiger partial charge in [0.15, 0.2) is 0 Å². The van der Waals surface area contributed by atoms with Crippen LogP contribution in [0.1, 0.15) is 55.1 Å². The lowest BCUT2D eigenvalue weighted by atomic mass is 9.92. The highest BCUT2D eigenvalue weighted by Crippen LogP contribution is 2.28. The topological polar surface area (TPSA) is 88.5 Å². The highest BCUT2D eigenvalue weighted by Gasteiger charge is 2.15. The Balaban J connectivity index is 0.000000941. The molecule has 0 saturated heterocycles. The third-order valence-corrected chi connectivity index (χ3v) is 4.40. The van der Waals surface area contributed by atoms with Gasteiger partial charge in [0.25, 0.3) is 12.4 Å². The molecule has 0 unspecified atom stereocenters. The Labute approximate surface area is 171 Å². The van der Waals surface area contributed by atoms with E-state index < -0.39 is 0 Å². The molecule has 0 atom stereocenters. The van der Waals surface area contributed by atoms with E-state index in [4.69, 9.17) is 14.6 Å². The van der Waals surface area contributed by atoms with Crippen LogP contribution in [0.5, 0.6) is 5.88 Å². The minimum absolute atomic E-state index is 0.101. The number of aromatic nitrogens is 1. The zero-order valence-electron chi connectivity index (χ0n) is 17.1. The van der Waals surface area contributed by atoms with Gasteiger partial charge in [-0.25, -0.2) is 4.98 Å². The first-order valence-corrected chi connectivity index (χ1v) is 9.62. The summed E-state index contributed by atoms with van der Waals surface area (Å²) in [4.78, 5) is 24.9. The van der Waals surface area contributed by atoms with Crippen LogP contribution in [0, 0.1) is 5.41 Å². The van der Waals surface area contributed by atoms with Crippen LogP contribution in [-0.4, -0.2) is 29.0 Å². The monoisotopic (exact) mass is 396 g/mol. The Morgan fingerprint density at radius 2 is 1.97 bits per heavy atom. The molecular formula is C23H28N2O4. The molecule has 1 aliphatic carbocycles. The predicted molar refractivity (Wildman–Crippen MR) is 113 cm³/mol. The van der Waals surface area contributed by atoms with Crippen LogP contribution < -0.4 is 10.1 Å². The van der Waals surface area contributed by atoms with E-state index in [1.165, 1.54) is 5.56 Å². The standard InChI is InChI=1S/C22H26N2O2.CH2O2/c1-22(2,3)13-14-23-21(25)17-11-12-20(24-15-17)26-19-10-6-8-16-7-4-5-9-18(16)19;2-1-3/h4-5,7,9-12,15H,6,8,13-14H2,1-3H3,(H,23,25);1H,(H,2,3). The fourth-order valence-electron chi connectivity index (χ4n) is 2.88. The SMILES string of the molecule is CC(C)(C)CCNC(=O)c1ccc(OC2=CCCc3ccccc32)nc1.O=CO. The molecule has 6 heteroatoms. The van der Waals surface area contributed by atoms with Crippen LogP contribution >= 0.6 is 0 Å². The number of ether oxygens (including phenoxy) is 1. The van der Waals surface area contributed by atoms with E-state index in [1.807, 2.05) is 12.1 Å². The summed E-state index contributed by atoms with van der Waals surface area (Å²) < 4.78 is 5.96. The van der Waals surface area contributed by atoms with Crippen molar-refractivity contribution in [3.8, 4) is 5.88 Å². The van der Waals surface area contributed by atoms with Gasteiger partial charge >= 0.3 is 0 Å². The fraction of sp³-hybridized carbons (Fsp3) is 0.348. The fourth-order valence-corrected chi connectivity index (χ4v) is 2.88. The molecule has 0 radical (unpaired) electrons. The summed E-state index contributed by atoms with van der Waals surface area (Å²) in [7, 11) is 0. The maximum absolute atomic E-state index is 12.2. The molecule has 154 valence electrons. The van der Waals surface area contributed by atoms with Gasteiger partial charge in [0, 0.05) is 24.4 Å². The molecule has 0 spiro atoms. The van der Waals surface area contributed by atoms with Crippen LogP contribution in [-0.2, 0) is 11.2 Å². The molecule has 0 fully saturated rings. The molecule has 0 aliphatic heterocycles. The van der Waals surface area contributed by atoms with E-state index >= 15 is 0 Å². The molecule has 29 heavy (non-hydrogen) atoms. The lowest BCUT2D eigenvalue weighted by Gasteiger charge is -2.18. The number of fused-ring (bicyclic) bond motifs is 1. The molecule has 3 rings (SSSR count). The van der Waals surface area contributed by atoms with Gasteiger partial charge in [-0.3, -0.25) is 9.59 Å². The van der Waals surface area contributed by atoms with Crippen molar-refractivity contribution in [3.63, 3.8) is 0 Å². The maximum Gasteiger partial charge on any atom is 0.290 e. The highest BCUT2D eigenvalue weighted by atomic mass is 16.5. The van der Waals surface area contributed by atoms with E-state index in [-0.39, 0.29) is 17.8 Å². The third-order valence-electron chi connectivity index (χ3n) is 4.40. The van der Waals surface area contributed by atoms with Gasteiger partial charge in [0.2, 0.25) is 5.88 Å². The smallest absolute Gasteiger partial charge is 0.290 e. The Morgan fingerprint density at radius 3 is 2.62 bits per heavy atom. The molecule has 2 N–H and O–H groups in total. The number of allylic oxidation sites excluding steroid dienone is 1. The molecule has 0 saturated carbocycles. The lowest BCUT2D eigenvalue weighted by Crippen LogP contribution is -2.27. The van der Waals surface area contributed by atoms with Crippen LogP contribution in [0.25, 0.3) is 5.76 Å². The normalized spacial score (nSPS) is 12.6. The molecule has 0 bridgehead atoms. The quantitative estimate of drug-likeness (QED) is 0.735. The summed E-state index contributed by atoms with van der Waals surface area (Å²) in [5.41, 5.74) is 3.15. The molecule has 1 aliphatic rings. The maximum atomic E-state index is 12.2. The van der Waals surface area contributed by atoms with Crippen LogP contribution in [0.2, 0.25) is 0 Å². The molecule has 1 aromatic heterocycles. The highest BCUT2D eigenvalue weighted by molar-refractivity contribution is 5.93. The van der Waals surface area contributed by atoms with Crippen molar-refractivity contribution >= 4 is 18.1 Å². The third kappa shape index (κ3) is 7.07. The number of benzene rings is 1. The second-order valence-corrected chi connectivity index (χ2v) is 7.92. The van der Waals surface area contributed by atoms with Gasteiger partial charge in [0.1, 0.15) is 5.76 Å². The van der Waals surface area contributed by atoms with Crippen molar-refractivity contribution in [1.29, 1.82) is 0 Å². The minimum Gasteiger partial charge on any atom is -0.483 e.